The van der Waals surface area contributed by atoms with Crippen molar-refractivity contribution in [2.24, 2.45) is 0 Å². The fourth-order valence-electron chi connectivity index (χ4n) is 4.22. The average molecular weight is 374 g/mol. The van der Waals surface area contributed by atoms with Gasteiger partial charge in [-0.15, -0.1) is 0 Å². The molecule has 2 saturated carbocycles. The zero-order valence-electron chi connectivity index (χ0n) is 16.4. The maximum atomic E-state index is 10.3. The molecule has 0 amide bonds. The first kappa shape index (κ1) is 19.8. The van der Waals surface area contributed by atoms with E-state index in [0.29, 0.717) is 35.9 Å². The molecule has 7 nitrogen and oxygen atoms in total. The summed E-state index contributed by atoms with van der Waals surface area (Å²) < 4.78 is 5.71. The smallest absolute Gasteiger partial charge is 0.224 e. The van der Waals surface area contributed by atoms with Crippen LogP contribution in [0.25, 0.3) is 0 Å². The fourth-order valence-corrected chi connectivity index (χ4v) is 4.22. The minimum atomic E-state index is -0.657. The Balaban J connectivity index is 1.63. The lowest BCUT2D eigenvalue weighted by Gasteiger charge is -2.34. The van der Waals surface area contributed by atoms with Gasteiger partial charge in [-0.3, -0.25) is 0 Å². The van der Waals surface area contributed by atoms with Crippen LogP contribution in [-0.4, -0.2) is 45.5 Å². The van der Waals surface area contributed by atoms with Crippen LogP contribution in [0.5, 0.6) is 0 Å². The molecule has 3 N–H and O–H groups in total. The molecule has 1 aromatic rings. The Kier molecular flexibility index (Phi) is 6.51. The highest BCUT2D eigenvalue weighted by atomic mass is 16.5. The van der Waals surface area contributed by atoms with E-state index in [2.05, 4.69) is 26.7 Å². The Bertz CT molecular complexity index is 665. The first-order valence-corrected chi connectivity index (χ1v) is 10.1. The quantitative estimate of drug-likeness (QED) is 0.703. The number of hydrogen-bond acceptors (Lipinski definition) is 7. The summed E-state index contributed by atoms with van der Waals surface area (Å²) in [5.74, 6) is 1.11. The predicted molar refractivity (Wildman–Crippen MR) is 105 cm³/mol. The van der Waals surface area contributed by atoms with E-state index >= 15 is 0 Å². The molecule has 0 radical (unpaired) electrons. The van der Waals surface area contributed by atoms with E-state index in [1.807, 2.05) is 13.8 Å². The lowest BCUT2D eigenvalue weighted by molar-refractivity contribution is 0.0182. The number of ether oxygens (including phenoxy) is 1. The van der Waals surface area contributed by atoms with E-state index in [1.54, 1.807) is 6.20 Å². The van der Waals surface area contributed by atoms with Crippen molar-refractivity contribution in [1.82, 2.24) is 9.97 Å². The minimum absolute atomic E-state index is 0.116. The second-order valence-electron chi connectivity index (χ2n) is 8.08. The van der Waals surface area contributed by atoms with Crippen molar-refractivity contribution in [2.45, 2.75) is 89.0 Å². The Morgan fingerprint density at radius 1 is 1.26 bits per heavy atom. The summed E-state index contributed by atoms with van der Waals surface area (Å²) in [5.41, 5.74) is -0.221. The molecular formula is C20H31N5O2. The van der Waals surface area contributed by atoms with Crippen LogP contribution in [0.2, 0.25) is 0 Å². The van der Waals surface area contributed by atoms with E-state index in [9.17, 15) is 10.4 Å². The number of aliphatic hydroxyl groups is 1. The van der Waals surface area contributed by atoms with Crippen molar-refractivity contribution in [1.29, 1.82) is 5.26 Å². The second-order valence-corrected chi connectivity index (χ2v) is 8.08. The third-order valence-electron chi connectivity index (χ3n) is 5.61. The summed E-state index contributed by atoms with van der Waals surface area (Å²) in [4.78, 5) is 8.88. The van der Waals surface area contributed by atoms with Gasteiger partial charge in [-0.05, 0) is 65.2 Å². The van der Waals surface area contributed by atoms with E-state index in [0.717, 1.165) is 51.6 Å². The first-order chi connectivity index (χ1) is 13.0. The highest BCUT2D eigenvalue weighted by Gasteiger charge is 2.30. The highest BCUT2D eigenvalue weighted by molar-refractivity contribution is 5.54. The van der Waals surface area contributed by atoms with Gasteiger partial charge in [0.05, 0.1) is 17.9 Å². The maximum absolute atomic E-state index is 10.3. The number of nitrogens with one attached hydrogen (secondary N) is 2. The van der Waals surface area contributed by atoms with E-state index in [4.69, 9.17) is 4.74 Å². The number of anilines is 2. The van der Waals surface area contributed by atoms with Gasteiger partial charge in [-0.1, -0.05) is 0 Å². The molecule has 2 fully saturated rings. The van der Waals surface area contributed by atoms with Gasteiger partial charge < -0.3 is 20.5 Å². The standard InChI is InChI=1S/C20H31N5O2/c1-3-27-17-8-6-15(7-9-17)24-19-22-13-14(12-21)18(25-19)23-16-5-4-10-20(2,26)11-16/h13,15-17,26H,3-11H2,1-2H3,(H2,22,23,24,25)/t15?,16-,17?,20+/m1/s1. The maximum Gasteiger partial charge on any atom is 0.224 e. The van der Waals surface area contributed by atoms with Crippen molar-refractivity contribution >= 4 is 11.8 Å². The number of nitrogens with zero attached hydrogens (tertiary/aromatic N) is 3. The SMILES string of the molecule is CCOC1CCC(Nc2ncc(C#N)c(N[C@@H]3CCC[C@](C)(O)C3)n2)CC1. The number of rotatable bonds is 6. The van der Waals surface area contributed by atoms with E-state index in [1.165, 1.54) is 0 Å². The van der Waals surface area contributed by atoms with Crippen LogP contribution < -0.4 is 10.6 Å². The Morgan fingerprint density at radius 3 is 2.70 bits per heavy atom. The van der Waals surface area contributed by atoms with Crippen LogP contribution in [0.3, 0.4) is 0 Å². The van der Waals surface area contributed by atoms with Gasteiger partial charge in [0.25, 0.3) is 0 Å². The van der Waals surface area contributed by atoms with Crippen molar-refractivity contribution in [2.75, 3.05) is 17.2 Å². The fraction of sp³-hybridized carbons (Fsp3) is 0.750. The summed E-state index contributed by atoms with van der Waals surface area (Å²) in [6, 6.07) is 2.61. The summed E-state index contributed by atoms with van der Waals surface area (Å²) in [5, 5.41) is 26.5. The topological polar surface area (TPSA) is 103 Å². The van der Waals surface area contributed by atoms with Crippen molar-refractivity contribution < 1.29 is 9.84 Å². The van der Waals surface area contributed by atoms with Crippen molar-refractivity contribution in [3.05, 3.63) is 11.8 Å². The molecule has 7 heteroatoms. The van der Waals surface area contributed by atoms with Gasteiger partial charge in [-0.25, -0.2) is 4.98 Å². The lowest BCUT2D eigenvalue weighted by Crippen LogP contribution is -2.38. The Labute approximate surface area is 161 Å². The van der Waals surface area contributed by atoms with Crippen LogP contribution in [0, 0.1) is 11.3 Å². The molecule has 2 aliphatic rings. The van der Waals surface area contributed by atoms with Gasteiger partial charge in [0.1, 0.15) is 17.5 Å². The molecule has 3 rings (SSSR count). The third kappa shape index (κ3) is 5.53. The summed E-state index contributed by atoms with van der Waals surface area (Å²) >= 11 is 0. The van der Waals surface area contributed by atoms with Gasteiger partial charge in [-0.2, -0.15) is 10.2 Å². The first-order valence-electron chi connectivity index (χ1n) is 10.1. The van der Waals surface area contributed by atoms with Crippen LogP contribution in [0.4, 0.5) is 11.8 Å². The van der Waals surface area contributed by atoms with Crippen LogP contribution in [0.1, 0.15) is 70.8 Å². The molecule has 0 aliphatic heterocycles. The van der Waals surface area contributed by atoms with E-state index < -0.39 is 5.60 Å². The summed E-state index contributed by atoms with van der Waals surface area (Å²) in [6.07, 6.45) is 9.50. The summed E-state index contributed by atoms with van der Waals surface area (Å²) in [6.45, 7) is 4.68. The average Bonchev–Trinajstić information content (AvgIpc) is 2.63. The molecule has 1 aromatic heterocycles. The van der Waals surface area contributed by atoms with Gasteiger partial charge in [0.15, 0.2) is 0 Å². The molecule has 1 heterocycles. The second kappa shape index (κ2) is 8.85. The Morgan fingerprint density at radius 2 is 2.04 bits per heavy atom. The number of hydrogen-bond donors (Lipinski definition) is 3. The molecule has 0 spiro atoms. The third-order valence-corrected chi connectivity index (χ3v) is 5.61. The molecule has 0 unspecified atom stereocenters. The van der Waals surface area contributed by atoms with Gasteiger partial charge in [0, 0.05) is 18.7 Å². The zero-order chi connectivity index (χ0) is 19.3. The monoisotopic (exact) mass is 373 g/mol. The largest absolute Gasteiger partial charge is 0.390 e. The summed E-state index contributed by atoms with van der Waals surface area (Å²) in [7, 11) is 0. The van der Waals surface area contributed by atoms with Crippen LogP contribution in [-0.2, 0) is 4.74 Å². The van der Waals surface area contributed by atoms with E-state index in [-0.39, 0.29) is 6.04 Å². The molecule has 2 aliphatic carbocycles. The molecule has 0 bridgehead atoms. The zero-order valence-corrected chi connectivity index (χ0v) is 16.4. The van der Waals surface area contributed by atoms with Crippen molar-refractivity contribution in [3.8, 4) is 6.07 Å². The van der Waals surface area contributed by atoms with Crippen molar-refractivity contribution in [3.63, 3.8) is 0 Å². The van der Waals surface area contributed by atoms with Crippen LogP contribution >= 0.6 is 0 Å². The predicted octanol–water partition coefficient (Wildman–Crippen LogP) is 3.21. The number of aromatic nitrogens is 2. The lowest BCUT2D eigenvalue weighted by atomic mass is 9.83. The molecule has 0 saturated heterocycles. The molecule has 148 valence electrons. The van der Waals surface area contributed by atoms with Gasteiger partial charge >= 0.3 is 0 Å². The molecule has 2 atom stereocenters. The molecule has 0 aromatic carbocycles. The van der Waals surface area contributed by atoms with Crippen LogP contribution in [0.15, 0.2) is 6.20 Å². The molecular weight excluding hydrogens is 342 g/mol. The van der Waals surface area contributed by atoms with Gasteiger partial charge in [0.2, 0.25) is 5.95 Å². The highest BCUT2D eigenvalue weighted by Crippen LogP contribution is 2.30. The minimum Gasteiger partial charge on any atom is -0.390 e. The number of nitriles is 1. The normalized spacial score (nSPS) is 31.1. The molecule has 27 heavy (non-hydrogen) atoms. The Hall–Kier alpha value is -1.91.